The Kier molecular flexibility index (Phi) is 4.02. The van der Waals surface area contributed by atoms with Gasteiger partial charge in [0, 0.05) is 12.6 Å². The first-order valence-electron chi connectivity index (χ1n) is 5.15. The third-order valence-electron chi connectivity index (χ3n) is 2.57. The largest absolute Gasteiger partial charge is 0.316 e. The first-order valence-corrected chi connectivity index (χ1v) is 5.15. The molecular weight excluding hydrogens is 148 g/mol. The molecule has 0 radical (unpaired) electrons. The van der Waals surface area contributed by atoms with E-state index in [-0.39, 0.29) is 0 Å². The molecule has 0 bridgehead atoms. The van der Waals surface area contributed by atoms with Crippen LogP contribution in [0.1, 0.15) is 27.2 Å². The summed E-state index contributed by atoms with van der Waals surface area (Å²) < 4.78 is 0. The normalized spacial score (nSPS) is 28.5. The van der Waals surface area contributed by atoms with Crippen LogP contribution in [0, 0.1) is 5.92 Å². The summed E-state index contributed by atoms with van der Waals surface area (Å²) in [7, 11) is 0. The number of nitrogens with zero attached hydrogens (tertiary/aromatic N) is 1. The van der Waals surface area contributed by atoms with Gasteiger partial charge in [0.1, 0.15) is 0 Å². The highest BCUT2D eigenvalue weighted by atomic mass is 15.2. The van der Waals surface area contributed by atoms with Gasteiger partial charge >= 0.3 is 0 Å². The molecule has 1 rings (SSSR count). The molecule has 2 nitrogen and oxygen atoms in total. The Labute approximate surface area is 76.3 Å². The van der Waals surface area contributed by atoms with Crippen molar-refractivity contribution in [2.75, 3.05) is 26.2 Å². The molecular formula is C10H22N2. The van der Waals surface area contributed by atoms with E-state index in [0.29, 0.717) is 6.04 Å². The van der Waals surface area contributed by atoms with Gasteiger partial charge in [-0.3, -0.25) is 0 Å². The number of rotatable bonds is 1. The quantitative estimate of drug-likeness (QED) is 0.638. The Morgan fingerprint density at radius 2 is 2.17 bits per heavy atom. The molecule has 1 aliphatic rings. The summed E-state index contributed by atoms with van der Waals surface area (Å²) >= 11 is 0. The van der Waals surface area contributed by atoms with Crippen LogP contribution in [0.25, 0.3) is 0 Å². The summed E-state index contributed by atoms with van der Waals surface area (Å²) in [6.45, 7) is 11.8. The van der Waals surface area contributed by atoms with Crippen molar-refractivity contribution < 1.29 is 0 Å². The molecule has 0 aromatic carbocycles. The van der Waals surface area contributed by atoms with Gasteiger partial charge in [-0.2, -0.15) is 0 Å². The highest BCUT2D eigenvalue weighted by Gasteiger charge is 2.14. The van der Waals surface area contributed by atoms with Crippen LogP contribution < -0.4 is 5.32 Å². The molecule has 0 amide bonds. The molecule has 0 aliphatic carbocycles. The van der Waals surface area contributed by atoms with E-state index in [4.69, 9.17) is 0 Å². The van der Waals surface area contributed by atoms with Crippen LogP contribution in [0.4, 0.5) is 0 Å². The van der Waals surface area contributed by atoms with Crippen molar-refractivity contribution in [2.45, 2.75) is 33.2 Å². The Morgan fingerprint density at radius 1 is 1.42 bits per heavy atom. The smallest absolute Gasteiger partial charge is 0.00387 e. The number of hydrogen-bond acceptors (Lipinski definition) is 2. The van der Waals surface area contributed by atoms with Gasteiger partial charge < -0.3 is 10.2 Å². The van der Waals surface area contributed by atoms with Gasteiger partial charge in [0.2, 0.25) is 0 Å². The topological polar surface area (TPSA) is 15.3 Å². The lowest BCUT2D eigenvalue weighted by atomic mass is 10.1. The minimum atomic E-state index is 0.713. The summed E-state index contributed by atoms with van der Waals surface area (Å²) in [6, 6.07) is 0.713. The van der Waals surface area contributed by atoms with E-state index in [1.165, 1.54) is 32.6 Å². The first-order chi connectivity index (χ1) is 5.70. The molecule has 0 spiro atoms. The van der Waals surface area contributed by atoms with E-state index in [1.54, 1.807) is 0 Å². The molecule has 1 aliphatic heterocycles. The molecule has 1 saturated heterocycles. The Bertz CT molecular complexity index is 123. The van der Waals surface area contributed by atoms with Crippen molar-refractivity contribution in [3.63, 3.8) is 0 Å². The zero-order chi connectivity index (χ0) is 8.97. The van der Waals surface area contributed by atoms with Crippen LogP contribution >= 0.6 is 0 Å². The predicted molar refractivity (Wildman–Crippen MR) is 53.4 cm³/mol. The molecule has 1 atom stereocenters. The molecule has 12 heavy (non-hydrogen) atoms. The van der Waals surface area contributed by atoms with E-state index in [1.807, 2.05) is 0 Å². The number of nitrogens with one attached hydrogen (secondary N) is 1. The van der Waals surface area contributed by atoms with Crippen LogP contribution in [0.5, 0.6) is 0 Å². The lowest BCUT2D eigenvalue weighted by Crippen LogP contribution is -2.41. The van der Waals surface area contributed by atoms with Gasteiger partial charge in [0.25, 0.3) is 0 Å². The van der Waals surface area contributed by atoms with E-state index in [0.717, 1.165) is 5.92 Å². The lowest BCUT2D eigenvalue weighted by molar-refractivity contribution is 0.176. The maximum Gasteiger partial charge on any atom is 0.00387 e. The standard InChI is InChI=1S/C10H22N2/c1-9(2)12-6-4-5-11-7-10(3)8-12/h9-11H,4-8H2,1-3H3. The summed E-state index contributed by atoms with van der Waals surface area (Å²) in [5.41, 5.74) is 0. The van der Waals surface area contributed by atoms with E-state index in [9.17, 15) is 0 Å². The molecule has 1 fully saturated rings. The highest BCUT2D eigenvalue weighted by molar-refractivity contribution is 4.71. The highest BCUT2D eigenvalue weighted by Crippen LogP contribution is 2.06. The van der Waals surface area contributed by atoms with Crippen LogP contribution in [0.2, 0.25) is 0 Å². The SMILES string of the molecule is CC1CNCCCN(C(C)C)C1. The molecule has 2 heteroatoms. The van der Waals surface area contributed by atoms with Crippen LogP contribution in [-0.4, -0.2) is 37.1 Å². The maximum atomic E-state index is 3.47. The minimum absolute atomic E-state index is 0.713. The van der Waals surface area contributed by atoms with Crippen molar-refractivity contribution in [2.24, 2.45) is 5.92 Å². The third-order valence-corrected chi connectivity index (χ3v) is 2.57. The zero-order valence-corrected chi connectivity index (χ0v) is 8.64. The average molecular weight is 170 g/mol. The minimum Gasteiger partial charge on any atom is -0.316 e. The zero-order valence-electron chi connectivity index (χ0n) is 8.64. The predicted octanol–water partition coefficient (Wildman–Crippen LogP) is 1.33. The summed E-state index contributed by atoms with van der Waals surface area (Å²) in [5, 5.41) is 3.47. The molecule has 0 saturated carbocycles. The summed E-state index contributed by atoms with van der Waals surface area (Å²) in [4.78, 5) is 2.59. The fourth-order valence-corrected chi connectivity index (χ4v) is 1.78. The Hall–Kier alpha value is -0.0800. The fraction of sp³-hybridized carbons (Fsp3) is 1.00. The Morgan fingerprint density at radius 3 is 2.83 bits per heavy atom. The van der Waals surface area contributed by atoms with Crippen molar-refractivity contribution in [1.29, 1.82) is 0 Å². The van der Waals surface area contributed by atoms with Crippen molar-refractivity contribution in [3.8, 4) is 0 Å². The second-order valence-corrected chi connectivity index (χ2v) is 4.25. The van der Waals surface area contributed by atoms with Crippen molar-refractivity contribution >= 4 is 0 Å². The van der Waals surface area contributed by atoms with Crippen LogP contribution in [0.15, 0.2) is 0 Å². The van der Waals surface area contributed by atoms with Gasteiger partial charge in [0.05, 0.1) is 0 Å². The van der Waals surface area contributed by atoms with Crippen molar-refractivity contribution in [1.82, 2.24) is 10.2 Å². The van der Waals surface area contributed by atoms with Gasteiger partial charge in [-0.15, -0.1) is 0 Å². The third kappa shape index (κ3) is 3.11. The molecule has 1 heterocycles. The molecule has 0 aromatic rings. The van der Waals surface area contributed by atoms with E-state index in [2.05, 4.69) is 31.0 Å². The molecule has 1 N–H and O–H groups in total. The van der Waals surface area contributed by atoms with Gasteiger partial charge in [0.15, 0.2) is 0 Å². The van der Waals surface area contributed by atoms with Crippen LogP contribution in [-0.2, 0) is 0 Å². The maximum absolute atomic E-state index is 3.47. The fourth-order valence-electron chi connectivity index (χ4n) is 1.78. The van der Waals surface area contributed by atoms with E-state index >= 15 is 0 Å². The second kappa shape index (κ2) is 4.83. The Balaban J connectivity index is 2.38. The first kappa shape index (κ1) is 10.0. The number of hydrogen-bond donors (Lipinski definition) is 1. The van der Waals surface area contributed by atoms with Gasteiger partial charge in [-0.25, -0.2) is 0 Å². The van der Waals surface area contributed by atoms with Crippen LogP contribution in [0.3, 0.4) is 0 Å². The van der Waals surface area contributed by atoms with Crippen molar-refractivity contribution in [3.05, 3.63) is 0 Å². The van der Waals surface area contributed by atoms with E-state index < -0.39 is 0 Å². The lowest BCUT2D eigenvalue weighted by Gasteiger charge is -2.31. The average Bonchev–Trinajstić information content (AvgIpc) is 1.95. The second-order valence-electron chi connectivity index (χ2n) is 4.25. The van der Waals surface area contributed by atoms with Gasteiger partial charge in [-0.05, 0) is 45.8 Å². The molecule has 72 valence electrons. The monoisotopic (exact) mass is 170 g/mol. The summed E-state index contributed by atoms with van der Waals surface area (Å²) in [5.74, 6) is 0.799. The molecule has 1 unspecified atom stereocenters. The van der Waals surface area contributed by atoms with Gasteiger partial charge in [-0.1, -0.05) is 6.92 Å². The summed E-state index contributed by atoms with van der Waals surface area (Å²) in [6.07, 6.45) is 1.30. The molecule has 0 aromatic heterocycles.